The molecule has 0 fully saturated rings. The van der Waals surface area contributed by atoms with E-state index in [1.807, 2.05) is 6.07 Å². The zero-order chi connectivity index (χ0) is 14.5. The van der Waals surface area contributed by atoms with Crippen molar-refractivity contribution in [3.8, 4) is 0 Å². The van der Waals surface area contributed by atoms with Crippen LogP contribution in [0.4, 0.5) is 0 Å². The van der Waals surface area contributed by atoms with Crippen molar-refractivity contribution >= 4 is 10.8 Å². The highest BCUT2D eigenvalue weighted by atomic mass is 16.3. The van der Waals surface area contributed by atoms with Gasteiger partial charge in [-0.3, -0.25) is 0 Å². The number of fused-ring (bicyclic) bond motifs is 1. The second kappa shape index (κ2) is 6.55. The average Bonchev–Trinajstić information content (AvgIpc) is 2.55. The van der Waals surface area contributed by atoms with E-state index in [0.717, 1.165) is 12.8 Å². The molecule has 3 aromatic rings. The van der Waals surface area contributed by atoms with Crippen LogP contribution < -0.4 is 0 Å². The third-order valence-electron chi connectivity index (χ3n) is 4.01. The van der Waals surface area contributed by atoms with Gasteiger partial charge in [0.25, 0.3) is 0 Å². The van der Waals surface area contributed by atoms with Crippen LogP contribution >= 0.6 is 0 Å². The molecule has 3 rings (SSSR count). The minimum absolute atomic E-state index is 0.220. The summed E-state index contributed by atoms with van der Waals surface area (Å²) >= 11 is 0. The highest BCUT2D eigenvalue weighted by Gasteiger charge is 2.11. The third-order valence-corrected chi connectivity index (χ3v) is 4.01. The van der Waals surface area contributed by atoms with Crippen molar-refractivity contribution in [2.75, 3.05) is 6.61 Å². The number of hydrogen-bond donors (Lipinski definition) is 1. The van der Waals surface area contributed by atoms with Crippen molar-refractivity contribution in [3.63, 3.8) is 0 Å². The van der Waals surface area contributed by atoms with E-state index in [4.69, 9.17) is 0 Å². The predicted molar refractivity (Wildman–Crippen MR) is 88.4 cm³/mol. The summed E-state index contributed by atoms with van der Waals surface area (Å²) in [5.41, 5.74) is 2.61. The molecule has 3 aromatic carbocycles. The Hall–Kier alpha value is -2.12. The Morgan fingerprint density at radius 1 is 0.714 bits per heavy atom. The standard InChI is InChI=1S/C20H20O/c21-15-17(13-16-7-2-1-3-8-16)14-19-11-6-10-18-9-4-5-12-20(18)19/h1-12,17,21H,13-15H2. The Morgan fingerprint density at radius 2 is 1.43 bits per heavy atom. The Bertz CT molecular complexity index is 698. The second-order valence-electron chi connectivity index (χ2n) is 5.58. The van der Waals surface area contributed by atoms with Crippen LogP contribution in [0.15, 0.2) is 72.8 Å². The molecule has 1 N–H and O–H groups in total. The Kier molecular flexibility index (Phi) is 4.32. The lowest BCUT2D eigenvalue weighted by molar-refractivity contribution is 0.225. The molecule has 0 aliphatic rings. The lowest BCUT2D eigenvalue weighted by Crippen LogP contribution is -2.13. The van der Waals surface area contributed by atoms with Crippen molar-refractivity contribution in [1.29, 1.82) is 0 Å². The summed E-state index contributed by atoms with van der Waals surface area (Å²) in [6.07, 6.45) is 1.83. The molecule has 1 heteroatoms. The molecular weight excluding hydrogens is 256 g/mol. The van der Waals surface area contributed by atoms with Crippen LogP contribution in [-0.2, 0) is 12.8 Å². The first kappa shape index (κ1) is 13.8. The van der Waals surface area contributed by atoms with Gasteiger partial charge in [0, 0.05) is 6.61 Å². The molecule has 0 aliphatic heterocycles. The smallest absolute Gasteiger partial charge is 0.0465 e. The van der Waals surface area contributed by atoms with Crippen LogP contribution in [-0.4, -0.2) is 11.7 Å². The summed E-state index contributed by atoms with van der Waals surface area (Å²) in [6.45, 7) is 0.220. The average molecular weight is 276 g/mol. The molecule has 0 amide bonds. The van der Waals surface area contributed by atoms with E-state index < -0.39 is 0 Å². The van der Waals surface area contributed by atoms with E-state index in [0.29, 0.717) is 0 Å². The molecular formula is C20H20O. The van der Waals surface area contributed by atoms with Gasteiger partial charge in [0.2, 0.25) is 0 Å². The van der Waals surface area contributed by atoms with Crippen molar-refractivity contribution in [3.05, 3.63) is 83.9 Å². The normalized spacial score (nSPS) is 12.4. The van der Waals surface area contributed by atoms with E-state index in [1.54, 1.807) is 0 Å². The van der Waals surface area contributed by atoms with E-state index in [2.05, 4.69) is 66.7 Å². The maximum atomic E-state index is 9.72. The van der Waals surface area contributed by atoms with E-state index >= 15 is 0 Å². The highest BCUT2D eigenvalue weighted by Crippen LogP contribution is 2.22. The Labute approximate surface area is 125 Å². The van der Waals surface area contributed by atoms with Crippen LogP contribution in [0.5, 0.6) is 0 Å². The number of hydrogen-bond acceptors (Lipinski definition) is 1. The van der Waals surface area contributed by atoms with Crippen molar-refractivity contribution in [1.82, 2.24) is 0 Å². The maximum Gasteiger partial charge on any atom is 0.0465 e. The largest absolute Gasteiger partial charge is 0.396 e. The van der Waals surface area contributed by atoms with Gasteiger partial charge in [0.1, 0.15) is 0 Å². The van der Waals surface area contributed by atoms with Gasteiger partial charge in [-0.2, -0.15) is 0 Å². The van der Waals surface area contributed by atoms with Crippen LogP contribution in [0.25, 0.3) is 10.8 Å². The zero-order valence-electron chi connectivity index (χ0n) is 12.1. The summed E-state index contributed by atoms with van der Waals surface area (Å²) in [5, 5.41) is 12.3. The summed E-state index contributed by atoms with van der Waals surface area (Å²) < 4.78 is 0. The van der Waals surface area contributed by atoms with E-state index in [-0.39, 0.29) is 12.5 Å². The molecule has 21 heavy (non-hydrogen) atoms. The first-order valence-electron chi connectivity index (χ1n) is 7.48. The molecule has 0 aliphatic carbocycles. The molecule has 0 saturated heterocycles. The molecule has 0 saturated carbocycles. The van der Waals surface area contributed by atoms with Crippen molar-refractivity contribution in [2.45, 2.75) is 12.8 Å². The monoisotopic (exact) mass is 276 g/mol. The van der Waals surface area contributed by atoms with Gasteiger partial charge >= 0.3 is 0 Å². The van der Waals surface area contributed by atoms with Gasteiger partial charge < -0.3 is 5.11 Å². The topological polar surface area (TPSA) is 20.2 Å². The molecule has 0 aromatic heterocycles. The highest BCUT2D eigenvalue weighted by molar-refractivity contribution is 5.85. The summed E-state index contributed by atoms with van der Waals surface area (Å²) in [4.78, 5) is 0. The third kappa shape index (κ3) is 3.32. The number of benzene rings is 3. The molecule has 1 atom stereocenters. The quantitative estimate of drug-likeness (QED) is 0.739. The van der Waals surface area contributed by atoms with Crippen LogP contribution in [0, 0.1) is 5.92 Å². The minimum Gasteiger partial charge on any atom is -0.396 e. The first-order chi connectivity index (χ1) is 10.4. The Morgan fingerprint density at radius 3 is 2.24 bits per heavy atom. The van der Waals surface area contributed by atoms with Gasteiger partial charge in [-0.05, 0) is 40.7 Å². The first-order valence-corrected chi connectivity index (χ1v) is 7.48. The fourth-order valence-corrected chi connectivity index (χ4v) is 2.93. The van der Waals surface area contributed by atoms with Crippen molar-refractivity contribution < 1.29 is 5.11 Å². The molecule has 1 nitrogen and oxygen atoms in total. The molecule has 106 valence electrons. The van der Waals surface area contributed by atoms with E-state index in [9.17, 15) is 5.11 Å². The van der Waals surface area contributed by atoms with Crippen molar-refractivity contribution in [2.24, 2.45) is 5.92 Å². The van der Waals surface area contributed by atoms with Gasteiger partial charge in [-0.1, -0.05) is 72.8 Å². The van der Waals surface area contributed by atoms with Gasteiger partial charge in [0.15, 0.2) is 0 Å². The zero-order valence-corrected chi connectivity index (χ0v) is 12.1. The lowest BCUT2D eigenvalue weighted by atomic mass is 9.91. The molecule has 0 bridgehead atoms. The molecule has 1 unspecified atom stereocenters. The molecule has 0 spiro atoms. The number of aliphatic hydroxyl groups excluding tert-OH is 1. The second-order valence-corrected chi connectivity index (χ2v) is 5.58. The van der Waals surface area contributed by atoms with Gasteiger partial charge in [0.05, 0.1) is 0 Å². The molecule has 0 heterocycles. The number of aliphatic hydroxyl groups is 1. The summed E-state index contributed by atoms with van der Waals surface area (Å²) in [6, 6.07) is 25.3. The summed E-state index contributed by atoms with van der Waals surface area (Å²) in [7, 11) is 0. The predicted octanol–water partition coefficient (Wildman–Crippen LogP) is 4.23. The van der Waals surface area contributed by atoms with Crippen LogP contribution in [0.3, 0.4) is 0 Å². The van der Waals surface area contributed by atoms with Gasteiger partial charge in [-0.25, -0.2) is 0 Å². The molecule has 0 radical (unpaired) electrons. The van der Waals surface area contributed by atoms with Crippen LogP contribution in [0.1, 0.15) is 11.1 Å². The minimum atomic E-state index is 0.220. The SMILES string of the molecule is OCC(Cc1ccccc1)Cc1cccc2ccccc12. The van der Waals surface area contributed by atoms with Gasteiger partial charge in [-0.15, -0.1) is 0 Å². The fourth-order valence-electron chi connectivity index (χ4n) is 2.93. The van der Waals surface area contributed by atoms with E-state index in [1.165, 1.54) is 21.9 Å². The summed E-state index contributed by atoms with van der Waals surface area (Å²) in [5.74, 6) is 0.262. The van der Waals surface area contributed by atoms with Crippen LogP contribution in [0.2, 0.25) is 0 Å². The number of rotatable bonds is 5. The Balaban J connectivity index is 1.82. The lowest BCUT2D eigenvalue weighted by Gasteiger charge is -2.16. The maximum absolute atomic E-state index is 9.72. The fraction of sp³-hybridized carbons (Fsp3) is 0.200.